The minimum absolute atomic E-state index is 0.161. The van der Waals surface area contributed by atoms with Crippen molar-refractivity contribution in [3.63, 3.8) is 0 Å². The van der Waals surface area contributed by atoms with Crippen LogP contribution >= 0.6 is 31.9 Å². The highest BCUT2D eigenvalue weighted by Crippen LogP contribution is 2.38. The molecule has 0 radical (unpaired) electrons. The fourth-order valence-corrected chi connectivity index (χ4v) is 3.78. The standard InChI is InChI=1S/C22H16Br2N2O2/c23-16-9-5-14(6-10-16)19-13-20(18-3-1-2-4-21(18)27)26(25-19)22(28)15-7-11-17(24)12-8-15/h1-12,20,27H,13H2. The van der Waals surface area contributed by atoms with Crippen molar-refractivity contribution in [1.82, 2.24) is 5.01 Å². The fourth-order valence-electron chi connectivity index (χ4n) is 3.25. The molecule has 1 unspecified atom stereocenters. The van der Waals surface area contributed by atoms with Crippen molar-refractivity contribution in [1.29, 1.82) is 0 Å². The summed E-state index contributed by atoms with van der Waals surface area (Å²) in [4.78, 5) is 13.2. The summed E-state index contributed by atoms with van der Waals surface area (Å²) in [6.07, 6.45) is 0.529. The molecule has 4 rings (SSSR count). The number of hydrazone groups is 1. The number of nitrogens with zero attached hydrogens (tertiary/aromatic N) is 2. The second kappa shape index (κ2) is 7.89. The van der Waals surface area contributed by atoms with Crippen LogP contribution in [0.2, 0.25) is 0 Å². The van der Waals surface area contributed by atoms with Crippen molar-refractivity contribution < 1.29 is 9.90 Å². The van der Waals surface area contributed by atoms with Crippen molar-refractivity contribution >= 4 is 43.5 Å². The normalized spacial score (nSPS) is 16.1. The van der Waals surface area contributed by atoms with Gasteiger partial charge in [0.1, 0.15) is 5.75 Å². The summed E-state index contributed by atoms with van der Waals surface area (Å²) in [5.41, 5.74) is 2.99. The van der Waals surface area contributed by atoms with Crippen LogP contribution in [0.5, 0.6) is 5.75 Å². The van der Waals surface area contributed by atoms with Crippen LogP contribution in [0.1, 0.15) is 33.9 Å². The average Bonchev–Trinajstić information content (AvgIpc) is 3.14. The Morgan fingerprint density at radius 2 is 1.54 bits per heavy atom. The molecule has 140 valence electrons. The number of benzene rings is 3. The Balaban J connectivity index is 1.75. The molecule has 6 heteroatoms. The quantitative estimate of drug-likeness (QED) is 0.487. The molecule has 0 aromatic heterocycles. The van der Waals surface area contributed by atoms with Gasteiger partial charge in [-0.15, -0.1) is 0 Å². The number of aromatic hydroxyl groups is 1. The van der Waals surface area contributed by atoms with E-state index in [2.05, 4.69) is 37.0 Å². The molecule has 1 amide bonds. The lowest BCUT2D eigenvalue weighted by molar-refractivity contribution is 0.0709. The van der Waals surface area contributed by atoms with E-state index >= 15 is 0 Å². The molecule has 1 aliphatic rings. The number of phenolic OH excluding ortho intramolecular Hbond substituents is 1. The smallest absolute Gasteiger partial charge is 0.274 e. The average molecular weight is 500 g/mol. The molecule has 0 aliphatic carbocycles. The van der Waals surface area contributed by atoms with Crippen molar-refractivity contribution in [3.8, 4) is 5.75 Å². The molecule has 4 nitrogen and oxygen atoms in total. The number of halogens is 2. The van der Waals surface area contributed by atoms with E-state index in [1.54, 1.807) is 24.3 Å². The predicted molar refractivity (Wildman–Crippen MR) is 116 cm³/mol. The maximum atomic E-state index is 13.2. The number of carbonyl (C=O) groups excluding carboxylic acids is 1. The third-order valence-corrected chi connectivity index (χ3v) is 5.74. The lowest BCUT2D eigenvalue weighted by Crippen LogP contribution is -2.27. The van der Waals surface area contributed by atoms with E-state index in [0.717, 1.165) is 20.2 Å². The number of hydrogen-bond donors (Lipinski definition) is 1. The second-order valence-corrected chi connectivity index (χ2v) is 8.32. The lowest BCUT2D eigenvalue weighted by Gasteiger charge is -2.22. The van der Waals surface area contributed by atoms with Crippen LogP contribution in [0.3, 0.4) is 0 Å². The minimum Gasteiger partial charge on any atom is -0.508 e. The molecule has 0 fully saturated rings. The molecule has 1 aliphatic heterocycles. The van der Waals surface area contributed by atoms with Crippen LogP contribution < -0.4 is 0 Å². The first-order valence-electron chi connectivity index (χ1n) is 8.73. The molecule has 1 heterocycles. The number of para-hydroxylation sites is 1. The van der Waals surface area contributed by atoms with Crippen molar-refractivity contribution in [3.05, 3.63) is 98.4 Å². The molecule has 1 N–H and O–H groups in total. The van der Waals surface area contributed by atoms with Crippen molar-refractivity contribution in [2.24, 2.45) is 5.10 Å². The number of phenols is 1. The second-order valence-electron chi connectivity index (χ2n) is 6.49. The first-order chi connectivity index (χ1) is 13.5. The Morgan fingerprint density at radius 1 is 0.929 bits per heavy atom. The predicted octanol–water partition coefficient (Wildman–Crippen LogP) is 5.91. The first kappa shape index (κ1) is 18.9. The Kier molecular flexibility index (Phi) is 5.33. The molecule has 0 saturated carbocycles. The lowest BCUT2D eigenvalue weighted by atomic mass is 9.97. The SMILES string of the molecule is O=C(c1ccc(Br)cc1)N1N=C(c2ccc(Br)cc2)CC1c1ccccc1O. The Hall–Kier alpha value is -2.44. The van der Waals surface area contributed by atoms with Crippen molar-refractivity contribution in [2.45, 2.75) is 12.5 Å². The molecule has 0 spiro atoms. The van der Waals surface area contributed by atoms with Gasteiger partial charge in [-0.05, 0) is 48.0 Å². The largest absolute Gasteiger partial charge is 0.508 e. The van der Waals surface area contributed by atoms with Crippen LogP contribution in [0.4, 0.5) is 0 Å². The zero-order valence-corrected chi connectivity index (χ0v) is 17.9. The molecule has 1 atom stereocenters. The van der Waals surface area contributed by atoms with E-state index in [0.29, 0.717) is 17.5 Å². The summed E-state index contributed by atoms with van der Waals surface area (Å²) in [5.74, 6) is -0.0405. The van der Waals surface area contributed by atoms with Gasteiger partial charge in [-0.25, -0.2) is 5.01 Å². The van der Waals surface area contributed by atoms with Crippen molar-refractivity contribution in [2.75, 3.05) is 0 Å². The Bertz CT molecular complexity index is 1050. The van der Waals surface area contributed by atoms with Gasteiger partial charge in [-0.2, -0.15) is 5.10 Å². The summed E-state index contributed by atoms with van der Waals surface area (Å²) in [6.45, 7) is 0. The third kappa shape index (κ3) is 3.75. The highest BCUT2D eigenvalue weighted by molar-refractivity contribution is 9.10. The van der Waals surface area contributed by atoms with Gasteiger partial charge in [0, 0.05) is 26.5 Å². The summed E-state index contributed by atoms with van der Waals surface area (Å²) < 4.78 is 1.89. The van der Waals surface area contributed by atoms with Gasteiger partial charge in [-0.1, -0.05) is 62.2 Å². The maximum Gasteiger partial charge on any atom is 0.274 e. The summed E-state index contributed by atoms with van der Waals surface area (Å²) in [5, 5.41) is 16.5. The number of carbonyl (C=O) groups is 1. The van der Waals surface area contributed by atoms with Gasteiger partial charge in [-0.3, -0.25) is 4.79 Å². The zero-order valence-electron chi connectivity index (χ0n) is 14.7. The number of rotatable bonds is 3. The Labute approximate surface area is 179 Å². The minimum atomic E-state index is -0.365. The highest BCUT2D eigenvalue weighted by atomic mass is 79.9. The molecular formula is C22H16Br2N2O2. The molecule has 3 aromatic carbocycles. The monoisotopic (exact) mass is 498 g/mol. The highest BCUT2D eigenvalue weighted by Gasteiger charge is 2.35. The van der Waals surface area contributed by atoms with Gasteiger partial charge in [0.05, 0.1) is 11.8 Å². The van der Waals surface area contributed by atoms with E-state index in [4.69, 9.17) is 0 Å². The van der Waals surface area contributed by atoms with E-state index in [-0.39, 0.29) is 17.7 Å². The number of hydrogen-bond acceptors (Lipinski definition) is 3. The van der Waals surface area contributed by atoms with Gasteiger partial charge >= 0.3 is 0 Å². The van der Waals surface area contributed by atoms with E-state index in [9.17, 15) is 9.90 Å². The fraction of sp³-hybridized carbons (Fsp3) is 0.0909. The summed E-state index contributed by atoms with van der Waals surface area (Å²) in [6, 6.07) is 21.8. The van der Waals surface area contributed by atoms with Crippen LogP contribution in [-0.4, -0.2) is 21.7 Å². The molecular weight excluding hydrogens is 484 g/mol. The summed E-state index contributed by atoms with van der Waals surface area (Å²) >= 11 is 6.84. The van der Waals surface area contributed by atoms with Crippen LogP contribution in [-0.2, 0) is 0 Å². The van der Waals surface area contributed by atoms with E-state index < -0.39 is 0 Å². The number of amides is 1. The molecule has 0 bridgehead atoms. The zero-order chi connectivity index (χ0) is 19.7. The Morgan fingerprint density at radius 3 is 2.18 bits per heavy atom. The van der Waals surface area contributed by atoms with Crippen LogP contribution in [0.25, 0.3) is 0 Å². The van der Waals surface area contributed by atoms with Gasteiger partial charge in [0.15, 0.2) is 0 Å². The van der Waals surface area contributed by atoms with E-state index in [1.165, 1.54) is 5.01 Å². The maximum absolute atomic E-state index is 13.2. The summed E-state index contributed by atoms with van der Waals surface area (Å²) in [7, 11) is 0. The van der Waals surface area contributed by atoms with E-state index in [1.807, 2.05) is 48.5 Å². The van der Waals surface area contributed by atoms with Gasteiger partial charge in [0.25, 0.3) is 5.91 Å². The van der Waals surface area contributed by atoms with Crippen LogP contribution in [0, 0.1) is 0 Å². The third-order valence-electron chi connectivity index (χ3n) is 4.68. The molecule has 0 saturated heterocycles. The topological polar surface area (TPSA) is 52.9 Å². The van der Waals surface area contributed by atoms with Gasteiger partial charge < -0.3 is 5.11 Å². The first-order valence-corrected chi connectivity index (χ1v) is 10.3. The van der Waals surface area contributed by atoms with Gasteiger partial charge in [0.2, 0.25) is 0 Å². The van der Waals surface area contributed by atoms with Crippen LogP contribution in [0.15, 0.2) is 86.8 Å². The molecule has 3 aromatic rings. The molecule has 28 heavy (non-hydrogen) atoms.